The zero-order valence-electron chi connectivity index (χ0n) is 16.3. The lowest BCUT2D eigenvalue weighted by atomic mass is 10.1. The van der Waals surface area contributed by atoms with E-state index in [2.05, 4.69) is 54.2 Å². The maximum Gasteiger partial charge on any atom is 0.225 e. The van der Waals surface area contributed by atoms with Crippen molar-refractivity contribution in [1.82, 2.24) is 19.9 Å². The van der Waals surface area contributed by atoms with Gasteiger partial charge >= 0.3 is 0 Å². The molecule has 148 valence electrons. The number of aromatic nitrogens is 3. The van der Waals surface area contributed by atoms with Gasteiger partial charge in [0.15, 0.2) is 0 Å². The number of hydrogen-bond donors (Lipinski definition) is 0. The first-order valence-corrected chi connectivity index (χ1v) is 12.0. The molecule has 0 amide bonds. The molecule has 2 aromatic heterocycles. The second kappa shape index (κ2) is 7.73. The molecule has 28 heavy (non-hydrogen) atoms. The Hall–Kier alpha value is -2.10. The Bertz CT molecular complexity index is 1080. The Balaban J connectivity index is 1.42. The summed E-state index contributed by atoms with van der Waals surface area (Å²) in [5.41, 5.74) is 4.27. The van der Waals surface area contributed by atoms with E-state index in [1.54, 1.807) is 37.0 Å². The Kier molecular flexibility index (Phi) is 5.31. The van der Waals surface area contributed by atoms with Crippen LogP contribution in [-0.4, -0.2) is 63.5 Å². The highest BCUT2D eigenvalue weighted by atomic mass is 32.2. The van der Waals surface area contributed by atoms with E-state index >= 15 is 0 Å². The number of anilines is 1. The molecule has 1 aromatic carbocycles. The van der Waals surface area contributed by atoms with Crippen molar-refractivity contribution < 1.29 is 4.21 Å². The van der Waals surface area contributed by atoms with E-state index in [-0.39, 0.29) is 0 Å². The fourth-order valence-electron chi connectivity index (χ4n) is 3.43. The summed E-state index contributed by atoms with van der Waals surface area (Å²) in [6.07, 6.45) is 4.87. The van der Waals surface area contributed by atoms with Crippen LogP contribution in [0.1, 0.15) is 18.5 Å². The summed E-state index contributed by atoms with van der Waals surface area (Å²) >= 11 is 1.68. The first-order chi connectivity index (χ1) is 13.5. The van der Waals surface area contributed by atoms with Gasteiger partial charge in [0.1, 0.15) is 0 Å². The summed E-state index contributed by atoms with van der Waals surface area (Å²) in [5.74, 6) is 0.686. The quantitative estimate of drug-likeness (QED) is 0.651. The molecule has 0 spiro atoms. The molecule has 1 fully saturated rings. The van der Waals surface area contributed by atoms with E-state index in [1.165, 1.54) is 10.3 Å². The highest BCUT2D eigenvalue weighted by Gasteiger charge is 2.24. The number of nitrogens with zero attached hydrogens (tertiary/aromatic N) is 6. The number of thiazole rings is 1. The molecular weight excluding hydrogens is 392 g/mol. The minimum absolute atomic E-state index is 0.340. The minimum atomic E-state index is -2.39. The van der Waals surface area contributed by atoms with Crippen molar-refractivity contribution in [2.45, 2.75) is 17.9 Å². The third-order valence-electron chi connectivity index (χ3n) is 5.38. The number of piperazine rings is 1. The number of hydrogen-bond acceptors (Lipinski definition) is 8. The van der Waals surface area contributed by atoms with Gasteiger partial charge in [0.05, 0.1) is 30.4 Å². The summed E-state index contributed by atoms with van der Waals surface area (Å²) < 4.78 is 17.5. The van der Waals surface area contributed by atoms with Gasteiger partial charge in [-0.1, -0.05) is 6.07 Å². The van der Waals surface area contributed by atoms with Crippen LogP contribution in [0.2, 0.25) is 0 Å². The minimum Gasteiger partial charge on any atom is -0.338 e. The molecule has 0 radical (unpaired) electrons. The molecule has 0 N–H and O–H groups in total. The predicted octanol–water partition coefficient (Wildman–Crippen LogP) is 3.06. The number of benzene rings is 1. The predicted molar refractivity (Wildman–Crippen MR) is 115 cm³/mol. The molecule has 1 aliphatic heterocycles. The highest BCUT2D eigenvalue weighted by molar-refractivity contribution is 7.93. The van der Waals surface area contributed by atoms with Gasteiger partial charge in [-0.3, -0.25) is 4.90 Å². The Morgan fingerprint density at radius 2 is 1.86 bits per heavy atom. The second-order valence-corrected chi connectivity index (χ2v) is 10.3. The van der Waals surface area contributed by atoms with Crippen molar-refractivity contribution in [3.8, 4) is 0 Å². The van der Waals surface area contributed by atoms with E-state index in [0.29, 0.717) is 16.9 Å². The maximum absolute atomic E-state index is 12.3. The molecule has 9 heteroatoms. The summed E-state index contributed by atoms with van der Waals surface area (Å²) in [4.78, 5) is 18.5. The van der Waals surface area contributed by atoms with Gasteiger partial charge in [-0.15, -0.1) is 11.3 Å². The SMILES string of the molecule is CN=[S@@](C)(=O)c1cnc(N2CCN([C@H](C)c3ccc4scnc4c3)CC2)nc1. The molecule has 7 nitrogen and oxygen atoms in total. The fourth-order valence-corrected chi connectivity index (χ4v) is 4.79. The van der Waals surface area contributed by atoms with Gasteiger partial charge in [0.25, 0.3) is 0 Å². The summed E-state index contributed by atoms with van der Waals surface area (Å²) in [5, 5.41) is 0. The fraction of sp³-hybridized carbons (Fsp3) is 0.421. The van der Waals surface area contributed by atoms with Crippen LogP contribution in [0, 0.1) is 0 Å². The molecule has 4 rings (SSSR count). The average molecular weight is 417 g/mol. The van der Waals surface area contributed by atoms with Crippen LogP contribution >= 0.6 is 11.3 Å². The van der Waals surface area contributed by atoms with Crippen molar-refractivity contribution in [2.24, 2.45) is 4.36 Å². The largest absolute Gasteiger partial charge is 0.338 e. The van der Waals surface area contributed by atoms with Crippen molar-refractivity contribution in [3.63, 3.8) is 0 Å². The molecular formula is C19H24N6OS2. The molecule has 3 heterocycles. The van der Waals surface area contributed by atoms with Crippen LogP contribution in [0.3, 0.4) is 0 Å². The molecule has 0 unspecified atom stereocenters. The van der Waals surface area contributed by atoms with Gasteiger partial charge in [0, 0.05) is 57.9 Å². The van der Waals surface area contributed by atoms with Gasteiger partial charge in [-0.2, -0.15) is 0 Å². The van der Waals surface area contributed by atoms with Crippen LogP contribution in [-0.2, 0) is 9.73 Å². The van der Waals surface area contributed by atoms with Crippen LogP contribution in [0.5, 0.6) is 0 Å². The zero-order chi connectivity index (χ0) is 19.7. The lowest BCUT2D eigenvalue weighted by Gasteiger charge is -2.38. The van der Waals surface area contributed by atoms with E-state index in [0.717, 1.165) is 31.7 Å². The lowest BCUT2D eigenvalue weighted by molar-refractivity contribution is 0.198. The topological polar surface area (TPSA) is 74.6 Å². The van der Waals surface area contributed by atoms with E-state index < -0.39 is 9.73 Å². The molecule has 3 aromatic rings. The third-order valence-corrected chi connectivity index (χ3v) is 7.97. The first-order valence-electron chi connectivity index (χ1n) is 9.22. The van der Waals surface area contributed by atoms with E-state index in [1.807, 2.05) is 5.51 Å². The third kappa shape index (κ3) is 3.74. The summed E-state index contributed by atoms with van der Waals surface area (Å²) in [6, 6.07) is 6.91. The molecule has 1 aliphatic rings. The molecule has 0 saturated carbocycles. The highest BCUT2D eigenvalue weighted by Crippen LogP contribution is 2.27. The first kappa shape index (κ1) is 19.2. The summed E-state index contributed by atoms with van der Waals surface area (Å²) in [6.45, 7) is 5.86. The zero-order valence-corrected chi connectivity index (χ0v) is 17.9. The van der Waals surface area contributed by atoms with Crippen LogP contribution in [0.4, 0.5) is 5.95 Å². The van der Waals surface area contributed by atoms with Crippen molar-refractivity contribution in [1.29, 1.82) is 0 Å². The van der Waals surface area contributed by atoms with Gasteiger partial charge in [0.2, 0.25) is 5.95 Å². The number of rotatable bonds is 4. The lowest BCUT2D eigenvalue weighted by Crippen LogP contribution is -2.47. The van der Waals surface area contributed by atoms with Crippen LogP contribution < -0.4 is 4.90 Å². The normalized spacial score (nSPS) is 18.8. The van der Waals surface area contributed by atoms with Gasteiger partial charge in [-0.25, -0.2) is 23.5 Å². The molecule has 0 aliphatic carbocycles. The summed E-state index contributed by atoms with van der Waals surface area (Å²) in [7, 11) is -0.831. The Morgan fingerprint density at radius 3 is 2.54 bits per heavy atom. The maximum atomic E-state index is 12.3. The van der Waals surface area contributed by atoms with Gasteiger partial charge < -0.3 is 4.90 Å². The molecule has 2 atom stereocenters. The van der Waals surface area contributed by atoms with Crippen molar-refractivity contribution >= 4 is 37.2 Å². The van der Waals surface area contributed by atoms with Crippen LogP contribution in [0.25, 0.3) is 10.2 Å². The Morgan fingerprint density at radius 1 is 1.14 bits per heavy atom. The smallest absolute Gasteiger partial charge is 0.225 e. The Labute approximate surface area is 169 Å². The molecule has 0 bridgehead atoms. The standard InChI is InChI=1S/C19H24N6OS2/c1-14(15-4-5-18-17(10-15)23-13-27-18)24-6-8-25(9-7-24)19-21-11-16(12-22-19)28(3,26)20-2/h4-5,10-14H,6-9H2,1-3H3/t14-,28+/m1/s1. The average Bonchev–Trinajstić information content (AvgIpc) is 3.21. The van der Waals surface area contributed by atoms with E-state index in [9.17, 15) is 4.21 Å². The monoisotopic (exact) mass is 416 g/mol. The van der Waals surface area contributed by atoms with Gasteiger partial charge in [-0.05, 0) is 24.6 Å². The van der Waals surface area contributed by atoms with Crippen molar-refractivity contribution in [3.05, 3.63) is 41.7 Å². The van der Waals surface area contributed by atoms with E-state index in [4.69, 9.17) is 0 Å². The number of fused-ring (bicyclic) bond motifs is 1. The molecule has 1 saturated heterocycles. The second-order valence-electron chi connectivity index (χ2n) is 6.98. The van der Waals surface area contributed by atoms with Crippen molar-refractivity contribution in [2.75, 3.05) is 44.4 Å². The van der Waals surface area contributed by atoms with Crippen LogP contribution in [0.15, 0.2) is 45.4 Å².